The minimum Gasteiger partial charge on any atom is -0.496 e. The van der Waals surface area contributed by atoms with E-state index in [9.17, 15) is 0 Å². The van der Waals surface area contributed by atoms with E-state index in [1.807, 2.05) is 43.0 Å². The first kappa shape index (κ1) is 13.4. The van der Waals surface area contributed by atoms with E-state index < -0.39 is 0 Å². The predicted molar refractivity (Wildman–Crippen MR) is 73.7 cm³/mol. The van der Waals surface area contributed by atoms with Crippen molar-refractivity contribution in [3.05, 3.63) is 41.7 Å². The summed E-state index contributed by atoms with van der Waals surface area (Å²) in [4.78, 5) is 0. The largest absolute Gasteiger partial charge is 0.496 e. The summed E-state index contributed by atoms with van der Waals surface area (Å²) >= 11 is 0. The molecule has 1 heterocycles. The van der Waals surface area contributed by atoms with Gasteiger partial charge in [0.05, 0.1) is 31.5 Å². The van der Waals surface area contributed by atoms with Gasteiger partial charge in [-0.1, -0.05) is 6.07 Å². The van der Waals surface area contributed by atoms with Gasteiger partial charge in [0.15, 0.2) is 0 Å². The molecule has 5 heteroatoms. The molecule has 0 aliphatic rings. The molecule has 2 rings (SSSR count). The maximum atomic E-state index is 5.46. The van der Waals surface area contributed by atoms with Crippen molar-refractivity contribution in [1.29, 1.82) is 0 Å². The van der Waals surface area contributed by atoms with Gasteiger partial charge in [-0.2, -0.15) is 5.10 Å². The quantitative estimate of drug-likeness (QED) is 0.890. The number of benzene rings is 1. The maximum Gasteiger partial charge on any atom is 0.127 e. The zero-order chi connectivity index (χ0) is 13.8. The van der Waals surface area contributed by atoms with Crippen LogP contribution in [0.1, 0.15) is 17.3 Å². The highest BCUT2D eigenvalue weighted by atomic mass is 16.5. The van der Waals surface area contributed by atoms with Crippen LogP contribution in [-0.2, 0) is 7.05 Å². The topological polar surface area (TPSA) is 48.3 Å². The van der Waals surface area contributed by atoms with Crippen LogP contribution in [0.4, 0.5) is 0 Å². The Morgan fingerprint density at radius 2 is 1.79 bits per heavy atom. The number of aromatic nitrogens is 2. The smallest absolute Gasteiger partial charge is 0.127 e. The van der Waals surface area contributed by atoms with Crippen LogP contribution in [0.25, 0.3) is 0 Å². The van der Waals surface area contributed by atoms with Crippen LogP contribution < -0.4 is 14.8 Å². The molecule has 0 spiro atoms. The summed E-state index contributed by atoms with van der Waals surface area (Å²) < 4.78 is 12.8. The molecule has 0 saturated carbocycles. The first-order valence-corrected chi connectivity index (χ1v) is 6.09. The number of nitrogens with one attached hydrogen (secondary N) is 1. The van der Waals surface area contributed by atoms with Crippen LogP contribution in [-0.4, -0.2) is 31.0 Å². The highest BCUT2D eigenvalue weighted by Crippen LogP contribution is 2.36. The zero-order valence-electron chi connectivity index (χ0n) is 11.7. The fourth-order valence-electron chi connectivity index (χ4n) is 2.27. The Bertz CT molecular complexity index is 529. The average molecular weight is 261 g/mol. The van der Waals surface area contributed by atoms with E-state index in [-0.39, 0.29) is 6.04 Å². The summed E-state index contributed by atoms with van der Waals surface area (Å²) in [5.41, 5.74) is 2.02. The number of aryl methyl sites for hydroxylation is 1. The van der Waals surface area contributed by atoms with Crippen molar-refractivity contribution < 1.29 is 9.47 Å². The summed E-state index contributed by atoms with van der Waals surface area (Å²) in [7, 11) is 7.15. The average Bonchev–Trinajstić information content (AvgIpc) is 2.86. The molecular formula is C14H19N3O2. The lowest BCUT2D eigenvalue weighted by molar-refractivity contribution is 0.377. The molecule has 19 heavy (non-hydrogen) atoms. The van der Waals surface area contributed by atoms with Crippen molar-refractivity contribution in [2.75, 3.05) is 21.3 Å². The molecule has 0 radical (unpaired) electrons. The molecule has 0 aliphatic heterocycles. The van der Waals surface area contributed by atoms with Gasteiger partial charge in [-0.05, 0) is 25.2 Å². The normalized spacial score (nSPS) is 12.2. The molecular weight excluding hydrogens is 242 g/mol. The summed E-state index contributed by atoms with van der Waals surface area (Å²) in [6, 6.07) is 7.71. The van der Waals surface area contributed by atoms with Crippen molar-refractivity contribution in [2.24, 2.45) is 7.05 Å². The van der Waals surface area contributed by atoms with E-state index >= 15 is 0 Å². The van der Waals surface area contributed by atoms with Crippen LogP contribution in [0.15, 0.2) is 30.5 Å². The maximum absolute atomic E-state index is 5.46. The molecule has 0 saturated heterocycles. The first-order chi connectivity index (χ1) is 9.22. The van der Waals surface area contributed by atoms with Gasteiger partial charge in [-0.15, -0.1) is 0 Å². The van der Waals surface area contributed by atoms with Crippen LogP contribution >= 0.6 is 0 Å². The SMILES string of the molecule is CNC(c1c(OC)cccc1OC)c1ccnn1C. The number of methoxy groups -OCH3 is 2. The van der Waals surface area contributed by atoms with Crippen molar-refractivity contribution >= 4 is 0 Å². The molecule has 0 fully saturated rings. The third-order valence-corrected chi connectivity index (χ3v) is 3.20. The number of hydrogen-bond acceptors (Lipinski definition) is 4. The first-order valence-electron chi connectivity index (χ1n) is 6.09. The van der Waals surface area contributed by atoms with E-state index in [1.165, 1.54) is 0 Å². The molecule has 0 bridgehead atoms. The molecule has 5 nitrogen and oxygen atoms in total. The van der Waals surface area contributed by atoms with Gasteiger partial charge < -0.3 is 14.8 Å². The van der Waals surface area contributed by atoms with Crippen LogP contribution in [0.5, 0.6) is 11.5 Å². The summed E-state index contributed by atoms with van der Waals surface area (Å²) in [5, 5.41) is 7.51. The highest BCUT2D eigenvalue weighted by molar-refractivity contribution is 5.49. The lowest BCUT2D eigenvalue weighted by atomic mass is 10.0. The van der Waals surface area contributed by atoms with E-state index in [1.54, 1.807) is 20.4 Å². The summed E-state index contributed by atoms with van der Waals surface area (Å²) in [6.07, 6.45) is 1.78. The fourth-order valence-corrected chi connectivity index (χ4v) is 2.27. The Morgan fingerprint density at radius 3 is 2.21 bits per heavy atom. The molecule has 1 atom stereocenters. The molecule has 1 aromatic heterocycles. The third-order valence-electron chi connectivity index (χ3n) is 3.20. The summed E-state index contributed by atoms with van der Waals surface area (Å²) in [5.74, 6) is 1.58. The van der Waals surface area contributed by atoms with E-state index in [2.05, 4.69) is 10.4 Å². The fraction of sp³-hybridized carbons (Fsp3) is 0.357. The Morgan fingerprint density at radius 1 is 1.16 bits per heavy atom. The number of nitrogens with zero attached hydrogens (tertiary/aromatic N) is 2. The van der Waals surface area contributed by atoms with Gasteiger partial charge in [0.2, 0.25) is 0 Å². The lowest BCUT2D eigenvalue weighted by Crippen LogP contribution is -2.22. The van der Waals surface area contributed by atoms with E-state index in [4.69, 9.17) is 9.47 Å². The number of hydrogen-bond donors (Lipinski definition) is 1. The second kappa shape index (κ2) is 5.75. The van der Waals surface area contributed by atoms with Crippen molar-refractivity contribution in [3.63, 3.8) is 0 Å². The van der Waals surface area contributed by atoms with E-state index in [0.717, 1.165) is 22.8 Å². The van der Waals surface area contributed by atoms with Crippen molar-refractivity contribution in [3.8, 4) is 11.5 Å². The van der Waals surface area contributed by atoms with Gasteiger partial charge in [0.25, 0.3) is 0 Å². The number of rotatable bonds is 5. The van der Waals surface area contributed by atoms with Gasteiger partial charge in [-0.3, -0.25) is 4.68 Å². The van der Waals surface area contributed by atoms with Crippen LogP contribution in [0.2, 0.25) is 0 Å². The molecule has 2 aromatic rings. The van der Waals surface area contributed by atoms with Crippen LogP contribution in [0, 0.1) is 0 Å². The minimum absolute atomic E-state index is 0.0430. The van der Waals surface area contributed by atoms with Crippen LogP contribution in [0.3, 0.4) is 0 Å². The highest BCUT2D eigenvalue weighted by Gasteiger charge is 2.23. The van der Waals surface area contributed by atoms with Gasteiger partial charge in [-0.25, -0.2) is 0 Å². The molecule has 1 aromatic carbocycles. The molecule has 102 valence electrons. The molecule has 0 amide bonds. The van der Waals surface area contributed by atoms with Gasteiger partial charge in [0.1, 0.15) is 11.5 Å². The Hall–Kier alpha value is -2.01. The Labute approximate surface area is 113 Å². The zero-order valence-corrected chi connectivity index (χ0v) is 11.7. The van der Waals surface area contributed by atoms with Crippen molar-refractivity contribution in [1.82, 2.24) is 15.1 Å². The Balaban J connectivity index is 2.57. The van der Waals surface area contributed by atoms with Crippen molar-refractivity contribution in [2.45, 2.75) is 6.04 Å². The standard InChI is InChI=1S/C14H19N3O2/c1-15-14(10-8-9-16-17(10)2)13-11(18-3)6-5-7-12(13)19-4/h5-9,14-15H,1-4H3. The molecule has 0 aliphatic carbocycles. The lowest BCUT2D eigenvalue weighted by Gasteiger charge is -2.22. The molecule has 1 N–H and O–H groups in total. The van der Waals surface area contributed by atoms with Gasteiger partial charge >= 0.3 is 0 Å². The second-order valence-electron chi connectivity index (χ2n) is 4.18. The van der Waals surface area contributed by atoms with E-state index in [0.29, 0.717) is 0 Å². The van der Waals surface area contributed by atoms with Gasteiger partial charge in [0, 0.05) is 13.2 Å². The second-order valence-corrected chi connectivity index (χ2v) is 4.18. The predicted octanol–water partition coefficient (Wildman–Crippen LogP) is 1.75. The summed E-state index contributed by atoms with van der Waals surface area (Å²) in [6.45, 7) is 0. The Kier molecular flexibility index (Phi) is 4.06. The minimum atomic E-state index is -0.0430. The third kappa shape index (κ3) is 2.42. The monoisotopic (exact) mass is 261 g/mol. The number of ether oxygens (including phenoxy) is 2. The molecule has 1 unspecified atom stereocenters.